The van der Waals surface area contributed by atoms with Crippen molar-refractivity contribution in [2.24, 2.45) is 68.3 Å². The van der Waals surface area contributed by atoms with Crippen LogP contribution in [0, 0.1) is 62.6 Å². The van der Waals surface area contributed by atoms with E-state index in [-0.39, 0.29) is 41.5 Å². The minimum atomic E-state index is -1.05. The van der Waals surface area contributed by atoms with Gasteiger partial charge in [0.2, 0.25) is 0 Å². The molecule has 9 nitrogen and oxygen atoms in total. The smallest absolute Gasteiger partial charge is 0.308 e. The highest BCUT2D eigenvalue weighted by molar-refractivity contribution is 6.00. The molecule has 0 aromatic rings. The third-order valence-corrected chi connectivity index (χ3v) is 14.7. The predicted octanol–water partition coefficient (Wildman–Crippen LogP) is 5.21. The number of ketones is 1. The number of hydrogen-bond donors (Lipinski definition) is 2. The number of hydrogen-bond acceptors (Lipinski definition) is 8. The van der Waals surface area contributed by atoms with Crippen LogP contribution in [0.25, 0.3) is 0 Å². The van der Waals surface area contributed by atoms with Gasteiger partial charge in [0.25, 0.3) is 0 Å². The van der Waals surface area contributed by atoms with E-state index in [0.717, 1.165) is 37.8 Å². The summed E-state index contributed by atoms with van der Waals surface area (Å²) in [5, 5.41) is 10.9. The third-order valence-electron chi connectivity index (χ3n) is 14.7. The molecule has 5 aliphatic rings. The number of rotatable bonds is 10. The number of carbonyl (C=O) groups excluding carboxylic acids is 2. The van der Waals surface area contributed by atoms with Crippen LogP contribution in [0.4, 0.5) is 0 Å². The van der Waals surface area contributed by atoms with E-state index < -0.39 is 45.1 Å². The lowest BCUT2D eigenvalue weighted by Crippen LogP contribution is -2.71. The summed E-state index contributed by atoms with van der Waals surface area (Å²) < 4.78 is 19.4. The van der Waals surface area contributed by atoms with Crippen molar-refractivity contribution in [1.82, 2.24) is 4.90 Å². The van der Waals surface area contributed by atoms with Gasteiger partial charge in [-0.1, -0.05) is 54.0 Å². The van der Waals surface area contributed by atoms with Crippen LogP contribution in [0.3, 0.4) is 0 Å². The molecule has 1 aliphatic heterocycles. The standard InChI is InChI=1S/C38H62N2O7/c1-22(2)23(3)34(5)13-14-36(7)26-11-12-29-35(6)20-45-21-38(29,27(26)15-30(42)37(36,8)31(34)33(43)44)16-28(47-24(4)41)32(35)46-19-25(17-39)18-40(9)10/h15,22-23,25-26,28-29,31-32H,11-14,16-21,39H2,1-10H3,(H,43,44)/t23-,25?,26+,28-,29+,31-,32+,34-,35?,36-,37+,38+/m1/s1. The largest absolute Gasteiger partial charge is 0.481 e. The zero-order valence-electron chi connectivity index (χ0n) is 30.7. The van der Waals surface area contributed by atoms with E-state index in [1.807, 2.05) is 27.1 Å². The van der Waals surface area contributed by atoms with Crippen LogP contribution in [-0.4, -0.2) is 86.9 Å². The molecule has 4 aliphatic carbocycles. The van der Waals surface area contributed by atoms with Crippen molar-refractivity contribution >= 4 is 17.7 Å². The van der Waals surface area contributed by atoms with E-state index in [9.17, 15) is 19.5 Å². The summed E-state index contributed by atoms with van der Waals surface area (Å²) in [4.78, 5) is 42.9. The Hall–Kier alpha value is -1.81. The summed E-state index contributed by atoms with van der Waals surface area (Å²) in [6.07, 6.45) is 4.85. The molecule has 2 unspecified atom stereocenters. The van der Waals surface area contributed by atoms with Crippen LogP contribution in [0.15, 0.2) is 11.6 Å². The van der Waals surface area contributed by atoms with Gasteiger partial charge in [-0.05, 0) is 93.3 Å². The third kappa shape index (κ3) is 5.36. The van der Waals surface area contributed by atoms with Gasteiger partial charge in [-0.3, -0.25) is 14.4 Å². The van der Waals surface area contributed by atoms with Gasteiger partial charge in [0, 0.05) is 35.6 Å². The maximum Gasteiger partial charge on any atom is 0.308 e. The van der Waals surface area contributed by atoms with Crippen molar-refractivity contribution in [2.75, 3.05) is 47.0 Å². The molecule has 47 heavy (non-hydrogen) atoms. The molecule has 0 aromatic heterocycles. The molecular formula is C38H62N2O7. The summed E-state index contributed by atoms with van der Waals surface area (Å²) in [5.74, 6) is -1.31. The van der Waals surface area contributed by atoms with Gasteiger partial charge in [-0.15, -0.1) is 0 Å². The minimum Gasteiger partial charge on any atom is -0.481 e. The van der Waals surface area contributed by atoms with E-state index in [1.165, 1.54) is 6.92 Å². The zero-order valence-corrected chi connectivity index (χ0v) is 30.7. The Morgan fingerprint density at radius 2 is 1.79 bits per heavy atom. The molecule has 3 N–H and O–H groups in total. The number of allylic oxidation sites excluding steroid dienone is 1. The second-order valence-electron chi connectivity index (χ2n) is 17.7. The molecular weight excluding hydrogens is 596 g/mol. The lowest BCUT2D eigenvalue weighted by molar-refractivity contribution is -0.267. The topological polar surface area (TPSA) is 128 Å². The first-order valence-electron chi connectivity index (χ1n) is 18.0. The van der Waals surface area contributed by atoms with E-state index in [2.05, 4.69) is 46.4 Å². The molecule has 2 bridgehead atoms. The number of nitrogens with zero attached hydrogens (tertiary/aromatic N) is 1. The van der Waals surface area contributed by atoms with E-state index >= 15 is 0 Å². The second kappa shape index (κ2) is 12.5. The highest BCUT2D eigenvalue weighted by atomic mass is 16.6. The molecule has 1 heterocycles. The Labute approximate surface area is 282 Å². The number of carbonyl (C=O) groups is 3. The first-order valence-corrected chi connectivity index (χ1v) is 18.0. The number of fused-ring (bicyclic) bond motifs is 3. The summed E-state index contributed by atoms with van der Waals surface area (Å²) in [5.41, 5.74) is 4.18. The van der Waals surface area contributed by atoms with Crippen molar-refractivity contribution < 1.29 is 33.7 Å². The lowest BCUT2D eigenvalue weighted by Gasteiger charge is -2.70. The van der Waals surface area contributed by atoms with E-state index in [0.29, 0.717) is 38.7 Å². The van der Waals surface area contributed by atoms with Crippen LogP contribution in [-0.2, 0) is 28.6 Å². The van der Waals surface area contributed by atoms with Gasteiger partial charge in [-0.2, -0.15) is 0 Å². The Morgan fingerprint density at radius 1 is 1.11 bits per heavy atom. The first kappa shape index (κ1) is 36.5. The Morgan fingerprint density at radius 3 is 2.36 bits per heavy atom. The lowest BCUT2D eigenvalue weighted by atomic mass is 9.34. The van der Waals surface area contributed by atoms with Gasteiger partial charge < -0.3 is 30.0 Å². The number of carboxylic acid groups (broad SMARTS) is 1. The molecule has 0 spiro atoms. The average Bonchev–Trinajstić information content (AvgIpc) is 2.96. The molecule has 5 rings (SSSR count). The van der Waals surface area contributed by atoms with Crippen molar-refractivity contribution in [3.8, 4) is 0 Å². The van der Waals surface area contributed by atoms with Gasteiger partial charge >= 0.3 is 11.9 Å². The van der Waals surface area contributed by atoms with Crippen LogP contribution < -0.4 is 5.73 Å². The summed E-state index contributed by atoms with van der Waals surface area (Å²) >= 11 is 0. The molecule has 9 heteroatoms. The van der Waals surface area contributed by atoms with Crippen LogP contribution in [0.5, 0.6) is 0 Å². The number of carboxylic acids is 1. The Balaban J connectivity index is 1.59. The average molecular weight is 659 g/mol. The molecule has 12 atom stereocenters. The van der Waals surface area contributed by atoms with Crippen molar-refractivity contribution in [3.63, 3.8) is 0 Å². The van der Waals surface area contributed by atoms with Crippen LogP contribution in [0.2, 0.25) is 0 Å². The van der Waals surface area contributed by atoms with Crippen LogP contribution >= 0.6 is 0 Å². The SMILES string of the molecule is CC(=O)O[C@@H]1C[C@@]23COCC(C)([C@H]1OCC(CN)CN(C)C)[C@@H]2CC[C@H]1C3=CC(=O)[C@@]2(C)[C@H](C(=O)O)[C@@](C)([C@H](C)C(C)C)CC[C@]12C. The molecule has 266 valence electrons. The predicted molar refractivity (Wildman–Crippen MR) is 180 cm³/mol. The van der Waals surface area contributed by atoms with Crippen molar-refractivity contribution in [1.29, 1.82) is 0 Å². The summed E-state index contributed by atoms with van der Waals surface area (Å²) in [7, 11) is 4.05. The Bertz CT molecular complexity index is 1280. The highest BCUT2D eigenvalue weighted by Gasteiger charge is 2.74. The number of esters is 1. The normalized spacial score (nSPS) is 44.1. The van der Waals surface area contributed by atoms with Crippen molar-refractivity contribution in [3.05, 3.63) is 11.6 Å². The minimum absolute atomic E-state index is 0.0327. The Kier molecular flexibility index (Phi) is 9.70. The molecule has 1 saturated heterocycles. The fourth-order valence-corrected chi connectivity index (χ4v) is 11.9. The van der Waals surface area contributed by atoms with Gasteiger partial charge in [0.15, 0.2) is 5.78 Å². The maximum atomic E-state index is 14.8. The van der Waals surface area contributed by atoms with Gasteiger partial charge in [0.1, 0.15) is 12.2 Å². The highest BCUT2D eigenvalue weighted by Crippen LogP contribution is 2.74. The van der Waals surface area contributed by atoms with Crippen LogP contribution in [0.1, 0.15) is 87.5 Å². The quantitative estimate of drug-likeness (QED) is 0.304. The number of aliphatic carboxylic acids is 1. The molecule has 0 amide bonds. The first-order chi connectivity index (χ1) is 21.8. The molecule has 0 radical (unpaired) electrons. The number of nitrogens with two attached hydrogens (primary N) is 1. The van der Waals surface area contributed by atoms with Gasteiger partial charge in [-0.25, -0.2) is 0 Å². The van der Waals surface area contributed by atoms with E-state index in [4.69, 9.17) is 19.9 Å². The van der Waals surface area contributed by atoms with Gasteiger partial charge in [0.05, 0.1) is 25.7 Å². The fourth-order valence-electron chi connectivity index (χ4n) is 11.9. The summed E-state index contributed by atoms with van der Waals surface area (Å²) in [6, 6.07) is 0. The fraction of sp³-hybridized carbons (Fsp3) is 0.868. The van der Waals surface area contributed by atoms with E-state index in [1.54, 1.807) is 0 Å². The summed E-state index contributed by atoms with van der Waals surface area (Å²) in [6.45, 7) is 19.1. The molecule has 3 saturated carbocycles. The monoisotopic (exact) mass is 658 g/mol. The maximum absolute atomic E-state index is 14.8. The zero-order chi connectivity index (χ0) is 34.9. The second-order valence-corrected chi connectivity index (χ2v) is 17.7. The molecule has 4 fully saturated rings. The van der Waals surface area contributed by atoms with Crippen molar-refractivity contribution in [2.45, 2.75) is 99.7 Å². The molecule has 0 aromatic carbocycles. The number of ether oxygens (including phenoxy) is 3.